The van der Waals surface area contributed by atoms with Crippen LogP contribution >= 0.6 is 0 Å². The van der Waals surface area contributed by atoms with Crippen LogP contribution in [0, 0.1) is 0 Å². The highest BCUT2D eigenvalue weighted by Crippen LogP contribution is 2.47. The van der Waals surface area contributed by atoms with Gasteiger partial charge in [-0.3, -0.25) is 19.2 Å². The number of carbonyl (C=O) groups is 4. The lowest BCUT2D eigenvalue weighted by Gasteiger charge is -2.14. The Morgan fingerprint density at radius 3 is 1.35 bits per heavy atom. The van der Waals surface area contributed by atoms with Gasteiger partial charge in [0.05, 0.1) is 16.9 Å². The molecule has 0 heterocycles. The van der Waals surface area contributed by atoms with Crippen molar-refractivity contribution in [1.29, 1.82) is 0 Å². The Kier molecular flexibility index (Phi) is 8.42. The second-order valence-corrected chi connectivity index (χ2v) is 13.5. The van der Waals surface area contributed by atoms with Crippen molar-refractivity contribution in [3.05, 3.63) is 142 Å². The molecule has 0 fully saturated rings. The van der Waals surface area contributed by atoms with Crippen LogP contribution in [-0.4, -0.2) is 33.5 Å². The molecule has 0 saturated heterocycles. The highest BCUT2D eigenvalue weighted by molar-refractivity contribution is 6.26. The van der Waals surface area contributed by atoms with Crippen LogP contribution in [0.2, 0.25) is 0 Å². The molecule has 9 rings (SSSR count). The number of hydrogen-bond acceptors (Lipinski definition) is 10. The topological polar surface area (TPSA) is 239 Å². The fourth-order valence-electron chi connectivity index (χ4n) is 7.18. The zero-order valence-corrected chi connectivity index (χ0v) is 29.2. The molecule has 3 aliphatic rings. The summed E-state index contributed by atoms with van der Waals surface area (Å²) in [6, 6.07) is 28.2. The summed E-state index contributed by atoms with van der Waals surface area (Å²) in [6.45, 7) is 3.93. The zero-order chi connectivity index (χ0) is 38.7. The predicted molar refractivity (Wildman–Crippen MR) is 210 cm³/mol. The normalized spacial score (nSPS) is 12.4. The molecular formula is C43H35N5O6. The second kappa shape index (κ2) is 13.0. The Labute approximate surface area is 309 Å². The van der Waals surface area contributed by atoms with Crippen LogP contribution in [0.3, 0.4) is 0 Å². The number of ketones is 3. The molecule has 0 aromatic heterocycles. The third kappa shape index (κ3) is 5.46. The van der Waals surface area contributed by atoms with E-state index in [9.17, 15) is 29.4 Å². The van der Waals surface area contributed by atoms with E-state index >= 15 is 0 Å². The van der Waals surface area contributed by atoms with Crippen molar-refractivity contribution in [3.8, 4) is 44.9 Å². The van der Waals surface area contributed by atoms with Crippen molar-refractivity contribution in [2.24, 2.45) is 5.73 Å². The molecule has 0 atom stereocenters. The first-order chi connectivity index (χ1) is 25.7. The van der Waals surface area contributed by atoms with E-state index in [1.807, 2.05) is 44.2 Å². The maximum absolute atomic E-state index is 12.4. The van der Waals surface area contributed by atoms with Crippen molar-refractivity contribution in [2.75, 3.05) is 22.9 Å². The van der Waals surface area contributed by atoms with Gasteiger partial charge in [-0.25, -0.2) is 0 Å². The highest BCUT2D eigenvalue weighted by atomic mass is 16.3. The summed E-state index contributed by atoms with van der Waals surface area (Å²) < 4.78 is 0. The smallest absolute Gasteiger partial charge is 0.252 e. The molecule has 3 aliphatic carbocycles. The molecule has 0 aliphatic heterocycles. The minimum atomic E-state index is -0.823. The molecule has 6 aromatic carbocycles. The summed E-state index contributed by atoms with van der Waals surface area (Å²) >= 11 is 0. The van der Waals surface area contributed by atoms with Gasteiger partial charge in [0.1, 0.15) is 5.75 Å². The van der Waals surface area contributed by atoms with Gasteiger partial charge in [0.15, 0.2) is 23.1 Å². The number of anilines is 4. The zero-order valence-electron chi connectivity index (χ0n) is 29.2. The first-order valence-corrected chi connectivity index (χ1v) is 16.9. The quantitative estimate of drug-likeness (QED) is 0.0741. The molecule has 0 bridgehead atoms. The number of phenols is 2. The van der Waals surface area contributed by atoms with Gasteiger partial charge in [-0.1, -0.05) is 74.5 Å². The van der Waals surface area contributed by atoms with Gasteiger partial charge in [0.25, 0.3) is 5.91 Å². The largest absolute Gasteiger partial charge is 0.505 e. The van der Waals surface area contributed by atoms with Crippen molar-refractivity contribution in [2.45, 2.75) is 19.8 Å². The average Bonchev–Trinajstić information content (AvgIpc) is 3.71. The van der Waals surface area contributed by atoms with Crippen LogP contribution in [0.1, 0.15) is 83.5 Å². The molecular weight excluding hydrogens is 683 g/mol. The number of benzene rings is 6. The van der Waals surface area contributed by atoms with Crippen LogP contribution in [0.5, 0.6) is 11.5 Å². The number of primary amides is 1. The Bertz CT molecular complexity index is 2590. The Morgan fingerprint density at radius 2 is 0.907 bits per heavy atom. The molecule has 12 N–H and O–H groups in total. The van der Waals surface area contributed by atoms with Gasteiger partial charge in [-0.15, -0.1) is 0 Å². The summed E-state index contributed by atoms with van der Waals surface area (Å²) in [4.78, 5) is 48.0. The summed E-state index contributed by atoms with van der Waals surface area (Å²) in [7, 11) is 0. The number of phenolic OH excluding ortho intramolecular Hbond substituents is 1. The molecule has 11 nitrogen and oxygen atoms in total. The van der Waals surface area contributed by atoms with Crippen LogP contribution < -0.4 is 28.7 Å². The van der Waals surface area contributed by atoms with Gasteiger partial charge in [-0.2, -0.15) is 0 Å². The van der Waals surface area contributed by atoms with E-state index in [2.05, 4.69) is 0 Å². The molecule has 268 valence electrons. The maximum atomic E-state index is 12.4. The lowest BCUT2D eigenvalue weighted by atomic mass is 9.94. The van der Waals surface area contributed by atoms with Crippen LogP contribution in [0.4, 0.5) is 22.7 Å². The van der Waals surface area contributed by atoms with Gasteiger partial charge in [-0.05, 0) is 70.1 Å². The first kappa shape index (κ1) is 35.0. The molecule has 6 aromatic rings. The second-order valence-electron chi connectivity index (χ2n) is 13.5. The number of aromatic hydroxyl groups is 2. The van der Waals surface area contributed by atoms with Crippen LogP contribution in [0.25, 0.3) is 33.4 Å². The van der Waals surface area contributed by atoms with Gasteiger partial charge in [0, 0.05) is 55.9 Å². The van der Waals surface area contributed by atoms with Crippen LogP contribution in [0.15, 0.2) is 97.1 Å². The van der Waals surface area contributed by atoms with E-state index in [0.717, 1.165) is 22.3 Å². The predicted octanol–water partition coefficient (Wildman–Crippen LogP) is 6.66. The van der Waals surface area contributed by atoms with Gasteiger partial charge in [0.2, 0.25) is 0 Å². The Morgan fingerprint density at radius 1 is 0.500 bits per heavy atom. The minimum absolute atomic E-state index is 0.00426. The molecule has 1 amide bonds. The molecule has 11 heteroatoms. The van der Waals surface area contributed by atoms with Crippen molar-refractivity contribution in [1.82, 2.24) is 0 Å². The molecule has 0 saturated carbocycles. The third-order valence-electron chi connectivity index (χ3n) is 9.83. The molecule has 0 unspecified atom stereocenters. The number of nitrogens with two attached hydrogens (primary N) is 5. The first-order valence-electron chi connectivity index (χ1n) is 16.9. The van der Waals surface area contributed by atoms with E-state index in [0.29, 0.717) is 67.1 Å². The van der Waals surface area contributed by atoms with Gasteiger partial charge < -0.3 is 38.9 Å². The SMILES string of the molecule is CC(C)c1cc2c(c(N)c1O)-c1ccccc1C2=O.NC(=O)c1cc2c(c(N)c1O)-c1ccccc1C2=O.Nc1ccc2c(c1)C(=O)c1cc(N)ccc1-2. The minimum Gasteiger partial charge on any atom is -0.505 e. The number of amides is 1. The Balaban J connectivity index is 0.000000126. The number of carbonyl (C=O) groups excluding carboxylic acids is 4. The molecule has 54 heavy (non-hydrogen) atoms. The monoisotopic (exact) mass is 717 g/mol. The number of nitrogen functional groups attached to an aromatic ring is 4. The standard InChI is InChI=1S/C16H15NO2.C14H10N2O3.C13H10N2O/c1-8(2)11-7-12-13(14(17)16(11)19)9-5-3-4-6-10(9)15(12)18;15-11-10-6-3-1-2-4-7(6)12(17)8(10)5-9(13(11)18)14(16)19;14-7-1-3-9-10-4-2-8(15)6-12(10)13(16)11(9)5-7/h3-8,19H,17H2,1-2H3;1-5,18H,15H2,(H2,16,19);1-6H,14-15H2. The van der Waals surface area contributed by atoms with E-state index < -0.39 is 5.91 Å². The third-order valence-corrected chi connectivity index (χ3v) is 9.83. The summed E-state index contributed by atoms with van der Waals surface area (Å²) in [6.07, 6.45) is 0. The van der Waals surface area contributed by atoms with Crippen molar-refractivity contribution in [3.63, 3.8) is 0 Å². The lowest BCUT2D eigenvalue weighted by Crippen LogP contribution is -2.13. The molecule has 0 spiro atoms. The van der Waals surface area contributed by atoms with Crippen molar-refractivity contribution < 1.29 is 29.4 Å². The van der Waals surface area contributed by atoms with E-state index in [1.54, 1.807) is 60.7 Å². The fourth-order valence-corrected chi connectivity index (χ4v) is 7.18. The number of rotatable bonds is 2. The summed E-state index contributed by atoms with van der Waals surface area (Å²) in [5.41, 5.74) is 38.4. The Hall–Kier alpha value is -7.40. The number of hydrogen-bond donors (Lipinski definition) is 7. The van der Waals surface area contributed by atoms with Crippen molar-refractivity contribution >= 4 is 46.0 Å². The van der Waals surface area contributed by atoms with E-state index in [1.165, 1.54) is 6.07 Å². The lowest BCUT2D eigenvalue weighted by molar-refractivity contribution is 0.0995. The highest BCUT2D eigenvalue weighted by Gasteiger charge is 2.33. The maximum Gasteiger partial charge on any atom is 0.252 e. The van der Waals surface area contributed by atoms with Crippen LogP contribution in [-0.2, 0) is 0 Å². The number of fused-ring (bicyclic) bond motifs is 9. The van der Waals surface area contributed by atoms with E-state index in [4.69, 9.17) is 28.7 Å². The average molecular weight is 718 g/mol. The fraction of sp³-hybridized carbons (Fsp3) is 0.0698. The van der Waals surface area contributed by atoms with Gasteiger partial charge >= 0.3 is 0 Å². The molecule has 0 radical (unpaired) electrons. The summed E-state index contributed by atoms with van der Waals surface area (Å²) in [5.74, 6) is -1.22. The summed E-state index contributed by atoms with van der Waals surface area (Å²) in [5, 5.41) is 20.1. The van der Waals surface area contributed by atoms with E-state index in [-0.39, 0.29) is 46.0 Å².